The Hall–Kier alpha value is -2.16. The molecule has 188 valence electrons. The molecule has 0 aromatic heterocycles. The lowest BCUT2D eigenvalue weighted by Crippen LogP contribution is -2.41. The predicted molar refractivity (Wildman–Crippen MR) is 137 cm³/mol. The van der Waals surface area contributed by atoms with Crippen molar-refractivity contribution >= 4 is 27.8 Å². The molecule has 2 aromatic rings. The molecular weight excluding hydrogens is 485 g/mol. The van der Waals surface area contributed by atoms with Gasteiger partial charge in [-0.25, -0.2) is 12.8 Å². The van der Waals surface area contributed by atoms with Gasteiger partial charge in [-0.15, -0.1) is 6.58 Å². The van der Waals surface area contributed by atoms with Gasteiger partial charge in [0.15, 0.2) is 0 Å². The van der Waals surface area contributed by atoms with Crippen molar-refractivity contribution in [2.24, 2.45) is 11.8 Å². The van der Waals surface area contributed by atoms with Gasteiger partial charge in [-0.2, -0.15) is 16.1 Å². The maximum absolute atomic E-state index is 14.3. The normalized spacial score (nSPS) is 25.7. The molecule has 0 bridgehead atoms. The molecular formula is C27H32FNO4S2. The molecule has 2 fully saturated rings. The summed E-state index contributed by atoms with van der Waals surface area (Å²) in [5.74, 6) is -1.77. The van der Waals surface area contributed by atoms with E-state index in [9.17, 15) is 22.7 Å². The summed E-state index contributed by atoms with van der Waals surface area (Å²) in [6, 6.07) is 10.8. The second-order valence-electron chi connectivity index (χ2n) is 9.55. The minimum Gasteiger partial charge on any atom is -0.481 e. The highest BCUT2D eigenvalue weighted by Gasteiger charge is 2.57. The van der Waals surface area contributed by atoms with Gasteiger partial charge >= 0.3 is 5.97 Å². The van der Waals surface area contributed by atoms with Crippen molar-refractivity contribution in [1.29, 1.82) is 0 Å². The van der Waals surface area contributed by atoms with Gasteiger partial charge in [-0.3, -0.25) is 4.79 Å². The first kappa shape index (κ1) is 25.9. The maximum atomic E-state index is 14.3. The van der Waals surface area contributed by atoms with Crippen LogP contribution in [0.15, 0.2) is 66.1 Å². The van der Waals surface area contributed by atoms with E-state index in [4.69, 9.17) is 0 Å². The minimum atomic E-state index is -4.07. The number of benzene rings is 2. The molecule has 35 heavy (non-hydrogen) atoms. The lowest BCUT2D eigenvalue weighted by atomic mass is 9.91. The molecule has 4 atom stereocenters. The zero-order valence-electron chi connectivity index (χ0n) is 19.8. The fraction of sp³-hybridized carbons (Fsp3) is 0.444. The maximum Gasteiger partial charge on any atom is 0.309 e. The second kappa shape index (κ2) is 10.8. The van der Waals surface area contributed by atoms with Crippen molar-refractivity contribution in [3.8, 4) is 0 Å². The highest BCUT2D eigenvalue weighted by atomic mass is 32.2. The number of aliphatic carboxylic acids is 1. The predicted octanol–water partition coefficient (Wildman–Crippen LogP) is 5.82. The van der Waals surface area contributed by atoms with E-state index in [1.165, 1.54) is 34.3 Å². The van der Waals surface area contributed by atoms with Gasteiger partial charge < -0.3 is 5.11 Å². The van der Waals surface area contributed by atoms with E-state index in [0.717, 1.165) is 31.2 Å². The lowest BCUT2D eigenvalue weighted by molar-refractivity contribution is -0.142. The Morgan fingerprint density at radius 1 is 1.20 bits per heavy atom. The van der Waals surface area contributed by atoms with E-state index in [0.29, 0.717) is 23.7 Å². The van der Waals surface area contributed by atoms with Crippen LogP contribution >= 0.6 is 11.8 Å². The van der Waals surface area contributed by atoms with E-state index in [1.54, 1.807) is 36.4 Å². The van der Waals surface area contributed by atoms with E-state index in [1.807, 2.05) is 6.92 Å². The first-order valence-corrected chi connectivity index (χ1v) is 14.5. The zero-order valence-corrected chi connectivity index (χ0v) is 21.5. The smallest absolute Gasteiger partial charge is 0.309 e. The van der Waals surface area contributed by atoms with Crippen molar-refractivity contribution in [1.82, 2.24) is 4.31 Å². The van der Waals surface area contributed by atoms with E-state index in [-0.39, 0.29) is 4.90 Å². The zero-order chi connectivity index (χ0) is 25.2. The standard InChI is InChI=1S/C27H32FNO4S2/c1-3-15-34-26-23(16-19-7-4-5-8-19)29(35(32,33)22-13-11-18(2)12-14-22)25(24(26)27(30)31)20-9-6-10-21(28)17-20/h3,6,9-14,17,19,23-26H,1,4-5,7-8,15-16H2,2H3,(H,30,31)/t23-,24+,25?,26-/m1/s1. The average molecular weight is 518 g/mol. The van der Waals surface area contributed by atoms with Crippen LogP contribution in [-0.2, 0) is 14.8 Å². The number of rotatable bonds is 9. The van der Waals surface area contributed by atoms with Gasteiger partial charge in [-0.1, -0.05) is 61.6 Å². The van der Waals surface area contributed by atoms with E-state index >= 15 is 0 Å². The SMILES string of the molecule is C=CCS[C@@H]1[C@@H](CC2CCCC2)N(S(=O)(=O)c2ccc(C)cc2)C(c2cccc(F)c2)[C@@H]1C(=O)O. The molecule has 1 unspecified atom stereocenters. The molecule has 1 heterocycles. The fourth-order valence-electron chi connectivity index (χ4n) is 5.63. The molecule has 8 heteroatoms. The number of hydrogen-bond donors (Lipinski definition) is 1. The molecule has 1 N–H and O–H groups in total. The van der Waals surface area contributed by atoms with Crippen molar-refractivity contribution in [2.45, 2.75) is 61.3 Å². The van der Waals surface area contributed by atoms with Crippen LogP contribution in [0.5, 0.6) is 0 Å². The highest BCUT2D eigenvalue weighted by Crippen LogP contribution is 2.51. The number of thioether (sulfide) groups is 1. The Kier molecular flexibility index (Phi) is 8.03. The number of halogens is 1. The fourth-order valence-corrected chi connectivity index (χ4v) is 8.85. The van der Waals surface area contributed by atoms with Crippen LogP contribution in [0.2, 0.25) is 0 Å². The third kappa shape index (κ3) is 5.34. The first-order valence-electron chi connectivity index (χ1n) is 12.0. The summed E-state index contributed by atoms with van der Waals surface area (Å²) in [6.45, 7) is 5.66. The highest BCUT2D eigenvalue weighted by molar-refractivity contribution is 8.00. The first-order chi connectivity index (χ1) is 16.7. The number of carboxylic acid groups (broad SMARTS) is 1. The average Bonchev–Trinajstić information content (AvgIpc) is 3.44. The molecule has 0 spiro atoms. The van der Waals surface area contributed by atoms with Gasteiger partial charge in [0.05, 0.1) is 16.9 Å². The Labute approximate surface area is 211 Å². The molecule has 5 nitrogen and oxygen atoms in total. The molecule has 4 rings (SSSR count). The third-order valence-corrected chi connectivity index (χ3v) is 10.5. The monoisotopic (exact) mass is 517 g/mol. The number of nitrogens with zero attached hydrogens (tertiary/aromatic N) is 1. The van der Waals surface area contributed by atoms with Crippen molar-refractivity contribution in [3.05, 3.63) is 78.1 Å². The summed E-state index contributed by atoms with van der Waals surface area (Å²) in [6.07, 6.45) is 6.52. The molecule has 1 aliphatic heterocycles. The summed E-state index contributed by atoms with van der Waals surface area (Å²) in [5, 5.41) is 9.91. The minimum absolute atomic E-state index is 0.124. The van der Waals surface area contributed by atoms with Crippen LogP contribution in [-0.4, -0.2) is 40.8 Å². The van der Waals surface area contributed by atoms with Crippen LogP contribution in [0.4, 0.5) is 4.39 Å². The molecule has 1 saturated heterocycles. The Morgan fingerprint density at radius 2 is 1.89 bits per heavy atom. The Morgan fingerprint density at radius 3 is 2.49 bits per heavy atom. The van der Waals surface area contributed by atoms with Crippen LogP contribution < -0.4 is 0 Å². The second-order valence-corrected chi connectivity index (χ2v) is 12.6. The number of carboxylic acids is 1. The van der Waals surface area contributed by atoms with Crippen molar-refractivity contribution < 1.29 is 22.7 Å². The summed E-state index contributed by atoms with van der Waals surface area (Å²) in [5.41, 5.74) is 1.29. The van der Waals surface area contributed by atoms with Crippen LogP contribution in [0.25, 0.3) is 0 Å². The molecule has 2 aliphatic rings. The van der Waals surface area contributed by atoms with Gasteiger partial charge in [0, 0.05) is 17.0 Å². The number of sulfonamides is 1. The van der Waals surface area contributed by atoms with Crippen LogP contribution in [0, 0.1) is 24.6 Å². The van der Waals surface area contributed by atoms with Gasteiger partial charge in [0.2, 0.25) is 10.0 Å². The molecule has 0 amide bonds. The summed E-state index contributed by atoms with van der Waals surface area (Å²) < 4.78 is 44.1. The molecule has 1 aliphatic carbocycles. The van der Waals surface area contributed by atoms with Crippen molar-refractivity contribution in [3.63, 3.8) is 0 Å². The lowest BCUT2D eigenvalue weighted by Gasteiger charge is -2.32. The van der Waals surface area contributed by atoms with E-state index in [2.05, 4.69) is 6.58 Å². The van der Waals surface area contributed by atoms with Gasteiger partial charge in [0.25, 0.3) is 0 Å². The number of hydrogen-bond acceptors (Lipinski definition) is 4. The number of carbonyl (C=O) groups is 1. The quantitative estimate of drug-likeness (QED) is 0.425. The summed E-state index contributed by atoms with van der Waals surface area (Å²) >= 11 is 1.43. The summed E-state index contributed by atoms with van der Waals surface area (Å²) in [4.78, 5) is 12.9. The summed E-state index contributed by atoms with van der Waals surface area (Å²) in [7, 11) is -4.07. The van der Waals surface area contributed by atoms with E-state index < -0.39 is 45.1 Å². The number of aryl methyl sites for hydroxylation is 1. The molecule has 1 saturated carbocycles. The van der Waals surface area contributed by atoms with Crippen LogP contribution in [0.3, 0.4) is 0 Å². The Balaban J connectivity index is 1.90. The largest absolute Gasteiger partial charge is 0.481 e. The topological polar surface area (TPSA) is 74.7 Å². The molecule has 2 aromatic carbocycles. The third-order valence-electron chi connectivity index (χ3n) is 7.20. The Bertz CT molecular complexity index is 1160. The van der Waals surface area contributed by atoms with Gasteiger partial charge in [0.1, 0.15) is 5.82 Å². The van der Waals surface area contributed by atoms with Crippen molar-refractivity contribution in [2.75, 3.05) is 5.75 Å². The van der Waals surface area contributed by atoms with Gasteiger partial charge in [-0.05, 0) is 49.1 Å². The molecule has 0 radical (unpaired) electrons. The van der Waals surface area contributed by atoms with Crippen LogP contribution in [0.1, 0.15) is 49.3 Å².